The number of fused-ring (bicyclic) bond motifs is 1. The third-order valence-corrected chi connectivity index (χ3v) is 8.11. The molecule has 7 nitrogen and oxygen atoms in total. The van der Waals surface area contributed by atoms with E-state index in [4.69, 9.17) is 4.74 Å². The number of aryl methyl sites for hydroxylation is 1. The average Bonchev–Trinajstić information content (AvgIpc) is 2.66. The molecule has 0 spiro atoms. The number of hydrogen-bond donors (Lipinski definition) is 1. The number of nitrogens with zero attached hydrogens (tertiary/aromatic N) is 1. The first-order chi connectivity index (χ1) is 13.6. The lowest BCUT2D eigenvalue weighted by molar-refractivity contribution is 0.414. The van der Waals surface area contributed by atoms with E-state index in [9.17, 15) is 16.8 Å². The van der Waals surface area contributed by atoms with Crippen molar-refractivity contribution in [1.82, 2.24) is 0 Å². The van der Waals surface area contributed by atoms with Crippen molar-refractivity contribution in [2.45, 2.75) is 31.6 Å². The van der Waals surface area contributed by atoms with Crippen LogP contribution in [0.25, 0.3) is 0 Å². The van der Waals surface area contributed by atoms with Crippen LogP contribution in [0, 0.1) is 5.92 Å². The maximum atomic E-state index is 13.2. The number of nitrogens with one attached hydrogen (secondary N) is 1. The summed E-state index contributed by atoms with van der Waals surface area (Å²) in [5, 5.41) is 0. The summed E-state index contributed by atoms with van der Waals surface area (Å²) in [4.78, 5) is 0.164. The van der Waals surface area contributed by atoms with Gasteiger partial charge in [-0.3, -0.25) is 9.03 Å². The van der Waals surface area contributed by atoms with Crippen molar-refractivity contribution < 1.29 is 21.6 Å². The largest absolute Gasteiger partial charge is 0.497 e. The molecule has 0 saturated carbocycles. The van der Waals surface area contributed by atoms with E-state index in [1.807, 2.05) is 13.8 Å². The SMILES string of the molecule is COc1ccc(S(=O)(=O)N2CCCc3ccc(NS(=O)(=O)CC(C)C)cc32)cc1. The van der Waals surface area contributed by atoms with Gasteiger partial charge in [0.15, 0.2) is 0 Å². The van der Waals surface area contributed by atoms with Gasteiger partial charge in [0.25, 0.3) is 10.0 Å². The van der Waals surface area contributed by atoms with Gasteiger partial charge in [0.05, 0.1) is 29.1 Å². The summed E-state index contributed by atoms with van der Waals surface area (Å²) >= 11 is 0. The lowest BCUT2D eigenvalue weighted by Gasteiger charge is -2.31. The molecular weight excluding hydrogens is 412 g/mol. The standard InChI is InChI=1S/C20H26N2O5S2/c1-15(2)14-28(23,24)21-17-7-6-16-5-4-12-22(20(16)13-17)29(25,26)19-10-8-18(27-3)9-11-19/h6-11,13,15,21H,4-5,12,14H2,1-3H3. The van der Waals surface area contributed by atoms with Gasteiger partial charge in [-0.1, -0.05) is 19.9 Å². The summed E-state index contributed by atoms with van der Waals surface area (Å²) in [6, 6.07) is 11.3. The Morgan fingerprint density at radius 2 is 1.76 bits per heavy atom. The summed E-state index contributed by atoms with van der Waals surface area (Å²) in [7, 11) is -5.76. The molecule has 29 heavy (non-hydrogen) atoms. The molecule has 0 bridgehead atoms. The van der Waals surface area contributed by atoms with Crippen molar-refractivity contribution in [1.29, 1.82) is 0 Å². The van der Waals surface area contributed by atoms with Crippen molar-refractivity contribution >= 4 is 31.4 Å². The molecule has 0 amide bonds. The van der Waals surface area contributed by atoms with Crippen LogP contribution in [0.2, 0.25) is 0 Å². The lowest BCUT2D eigenvalue weighted by Crippen LogP contribution is -2.35. The monoisotopic (exact) mass is 438 g/mol. The van der Waals surface area contributed by atoms with Crippen LogP contribution >= 0.6 is 0 Å². The second-order valence-electron chi connectivity index (χ2n) is 7.48. The van der Waals surface area contributed by atoms with Crippen LogP contribution in [-0.2, 0) is 26.5 Å². The fraction of sp³-hybridized carbons (Fsp3) is 0.400. The minimum Gasteiger partial charge on any atom is -0.497 e. The van der Waals surface area contributed by atoms with Crippen LogP contribution in [0.4, 0.5) is 11.4 Å². The predicted molar refractivity (Wildman–Crippen MR) is 115 cm³/mol. The molecule has 1 N–H and O–H groups in total. The first-order valence-corrected chi connectivity index (χ1v) is 12.5. The summed E-state index contributed by atoms with van der Waals surface area (Å²) in [5.74, 6) is 0.555. The zero-order valence-corrected chi connectivity index (χ0v) is 18.4. The molecule has 0 atom stereocenters. The Labute approximate surface area is 172 Å². The normalized spacial score (nSPS) is 14.6. The summed E-state index contributed by atoms with van der Waals surface area (Å²) in [6.45, 7) is 3.99. The summed E-state index contributed by atoms with van der Waals surface area (Å²) in [6.07, 6.45) is 1.43. The lowest BCUT2D eigenvalue weighted by atomic mass is 10.0. The highest BCUT2D eigenvalue weighted by atomic mass is 32.2. The smallest absolute Gasteiger partial charge is 0.264 e. The maximum Gasteiger partial charge on any atom is 0.264 e. The van der Waals surface area contributed by atoms with Gasteiger partial charge < -0.3 is 4.74 Å². The van der Waals surface area contributed by atoms with E-state index in [1.165, 1.54) is 23.5 Å². The molecule has 0 unspecified atom stereocenters. The van der Waals surface area contributed by atoms with Crippen molar-refractivity contribution in [3.63, 3.8) is 0 Å². The molecule has 1 aliphatic rings. The fourth-order valence-corrected chi connectivity index (χ4v) is 6.37. The minimum absolute atomic E-state index is 0.00204. The van der Waals surface area contributed by atoms with Crippen molar-refractivity contribution in [3.8, 4) is 5.75 Å². The van der Waals surface area contributed by atoms with Gasteiger partial charge in [-0.2, -0.15) is 0 Å². The Hall–Kier alpha value is -2.26. The zero-order valence-electron chi connectivity index (χ0n) is 16.8. The third kappa shape index (κ3) is 4.84. The molecule has 0 aliphatic carbocycles. The molecule has 2 aromatic rings. The van der Waals surface area contributed by atoms with Crippen molar-refractivity contribution in [2.24, 2.45) is 5.92 Å². The highest BCUT2D eigenvalue weighted by Crippen LogP contribution is 2.34. The quantitative estimate of drug-likeness (QED) is 0.716. The summed E-state index contributed by atoms with van der Waals surface area (Å²) in [5.41, 5.74) is 1.75. The molecule has 0 saturated heterocycles. The summed E-state index contributed by atoms with van der Waals surface area (Å²) < 4.78 is 60.1. The van der Waals surface area contributed by atoms with Crippen LogP contribution in [0.1, 0.15) is 25.8 Å². The minimum atomic E-state index is -3.78. The Morgan fingerprint density at radius 3 is 2.38 bits per heavy atom. The Bertz CT molecular complexity index is 1080. The number of anilines is 2. The van der Waals surface area contributed by atoms with Gasteiger partial charge in [-0.15, -0.1) is 0 Å². The first-order valence-electron chi connectivity index (χ1n) is 9.42. The van der Waals surface area contributed by atoms with E-state index in [2.05, 4.69) is 4.72 Å². The predicted octanol–water partition coefficient (Wildman–Crippen LogP) is 3.23. The molecule has 1 heterocycles. The fourth-order valence-electron chi connectivity index (χ4n) is 3.39. The van der Waals surface area contributed by atoms with Gasteiger partial charge in [0.1, 0.15) is 5.75 Å². The van der Waals surface area contributed by atoms with Gasteiger partial charge in [-0.25, -0.2) is 16.8 Å². The molecular formula is C20H26N2O5S2. The second-order valence-corrected chi connectivity index (χ2v) is 11.1. The number of methoxy groups -OCH3 is 1. The van der Waals surface area contributed by atoms with E-state index < -0.39 is 20.0 Å². The van der Waals surface area contributed by atoms with Gasteiger partial charge >= 0.3 is 0 Å². The molecule has 9 heteroatoms. The Morgan fingerprint density at radius 1 is 1.07 bits per heavy atom. The van der Waals surface area contributed by atoms with E-state index in [1.54, 1.807) is 30.3 Å². The van der Waals surface area contributed by atoms with Gasteiger partial charge in [-0.05, 0) is 60.7 Å². The zero-order chi connectivity index (χ0) is 21.2. The first kappa shape index (κ1) is 21.4. The second kappa shape index (κ2) is 8.23. The van der Waals surface area contributed by atoms with Crippen molar-refractivity contribution in [2.75, 3.05) is 28.4 Å². The van der Waals surface area contributed by atoms with Gasteiger partial charge in [0.2, 0.25) is 10.0 Å². The molecule has 0 fully saturated rings. The third-order valence-electron chi connectivity index (χ3n) is 4.63. The van der Waals surface area contributed by atoms with Crippen LogP contribution in [0.5, 0.6) is 5.75 Å². The van der Waals surface area contributed by atoms with E-state index >= 15 is 0 Å². The number of sulfonamides is 2. The van der Waals surface area contributed by atoms with Gasteiger partial charge in [0, 0.05) is 6.54 Å². The molecule has 0 aromatic heterocycles. The maximum absolute atomic E-state index is 13.2. The molecule has 3 rings (SSSR count). The van der Waals surface area contributed by atoms with Crippen molar-refractivity contribution in [3.05, 3.63) is 48.0 Å². The van der Waals surface area contributed by atoms with Crippen LogP contribution < -0.4 is 13.8 Å². The highest BCUT2D eigenvalue weighted by Gasteiger charge is 2.29. The van der Waals surface area contributed by atoms with Crippen LogP contribution in [0.15, 0.2) is 47.4 Å². The molecule has 158 valence electrons. The average molecular weight is 439 g/mol. The van der Waals surface area contributed by atoms with E-state index in [-0.39, 0.29) is 16.6 Å². The number of ether oxygens (including phenoxy) is 1. The van der Waals surface area contributed by atoms with Crippen LogP contribution in [0.3, 0.4) is 0 Å². The van der Waals surface area contributed by atoms with Crippen LogP contribution in [-0.4, -0.2) is 36.2 Å². The topological polar surface area (TPSA) is 92.8 Å². The highest BCUT2D eigenvalue weighted by molar-refractivity contribution is 7.93. The van der Waals surface area contributed by atoms with E-state index in [0.29, 0.717) is 30.1 Å². The van der Waals surface area contributed by atoms with E-state index in [0.717, 1.165) is 12.0 Å². The Kier molecular flexibility index (Phi) is 6.09. The molecule has 0 radical (unpaired) electrons. The number of hydrogen-bond acceptors (Lipinski definition) is 5. The number of rotatable bonds is 7. The number of benzene rings is 2. The molecule has 2 aromatic carbocycles. The molecule has 1 aliphatic heterocycles. The Balaban J connectivity index is 1.96.